The van der Waals surface area contributed by atoms with Crippen molar-refractivity contribution in [1.29, 1.82) is 0 Å². The molecule has 0 spiro atoms. The molecule has 3 N–H and O–H groups in total. The van der Waals surface area contributed by atoms with Crippen LogP contribution in [0, 0.1) is 12.8 Å². The number of urea groups is 1. The van der Waals surface area contributed by atoms with Crippen molar-refractivity contribution in [3.8, 4) is 0 Å². The van der Waals surface area contributed by atoms with Crippen LogP contribution in [0.1, 0.15) is 31.2 Å². The quantitative estimate of drug-likeness (QED) is 0.699. The summed E-state index contributed by atoms with van der Waals surface area (Å²) in [6.45, 7) is 3.05. The Bertz CT molecular complexity index is 483. The number of amides is 3. The highest BCUT2D eigenvalue weighted by Crippen LogP contribution is 2.25. The van der Waals surface area contributed by atoms with Crippen LogP contribution in [-0.2, 0) is 4.79 Å². The van der Waals surface area contributed by atoms with E-state index >= 15 is 0 Å². The van der Waals surface area contributed by atoms with E-state index in [0.29, 0.717) is 25.3 Å². The molecule has 1 aromatic rings. The van der Waals surface area contributed by atoms with Gasteiger partial charge in [-0.1, -0.05) is 12.5 Å². The number of aromatic nitrogens is 1. The van der Waals surface area contributed by atoms with Crippen molar-refractivity contribution >= 4 is 17.8 Å². The van der Waals surface area contributed by atoms with Gasteiger partial charge in [-0.3, -0.25) is 10.1 Å². The first-order chi connectivity index (χ1) is 10.1. The third-order valence-electron chi connectivity index (χ3n) is 3.57. The topological polar surface area (TPSA) is 83.1 Å². The monoisotopic (exact) mass is 290 g/mol. The van der Waals surface area contributed by atoms with Crippen molar-refractivity contribution in [3.05, 3.63) is 23.9 Å². The smallest absolute Gasteiger partial charge is 0.320 e. The lowest BCUT2D eigenvalue weighted by molar-refractivity contribution is -0.127. The Hall–Kier alpha value is -2.11. The summed E-state index contributed by atoms with van der Waals surface area (Å²) >= 11 is 0. The lowest BCUT2D eigenvalue weighted by Gasteiger charge is -2.23. The van der Waals surface area contributed by atoms with Gasteiger partial charge in [0.1, 0.15) is 5.82 Å². The zero-order valence-corrected chi connectivity index (χ0v) is 12.3. The molecule has 0 bridgehead atoms. The average molecular weight is 290 g/mol. The van der Waals surface area contributed by atoms with E-state index in [9.17, 15) is 9.59 Å². The molecule has 0 atom stereocenters. The number of rotatable bonds is 6. The molecule has 0 saturated heterocycles. The van der Waals surface area contributed by atoms with E-state index in [2.05, 4.69) is 20.9 Å². The molecule has 1 aromatic heterocycles. The molecular formula is C15H22N4O2. The molecule has 3 amide bonds. The summed E-state index contributed by atoms with van der Waals surface area (Å²) in [6.07, 6.45) is 5.59. The van der Waals surface area contributed by atoms with Gasteiger partial charge in [-0.25, -0.2) is 9.78 Å². The minimum atomic E-state index is -0.281. The van der Waals surface area contributed by atoms with E-state index < -0.39 is 0 Å². The lowest BCUT2D eigenvalue weighted by Crippen LogP contribution is -2.36. The minimum absolute atomic E-state index is 0.148. The first-order valence-electron chi connectivity index (χ1n) is 7.40. The number of hydrogen-bond acceptors (Lipinski definition) is 3. The predicted octanol–water partition coefficient (Wildman–Crippen LogP) is 1.82. The molecule has 0 radical (unpaired) electrons. The van der Waals surface area contributed by atoms with Crippen molar-refractivity contribution in [3.63, 3.8) is 0 Å². The standard InChI is InChI=1S/C15H22N4O2/c1-11-6-7-13(18-10-11)19-15(21)17-9-3-8-16-14(20)12-4-2-5-12/h6-7,10,12H,2-5,8-9H2,1H3,(H,16,20)(H2,17,18,19,21). The molecule has 2 rings (SSSR count). The molecule has 1 saturated carbocycles. The molecule has 1 fully saturated rings. The second-order valence-electron chi connectivity index (χ2n) is 5.37. The maximum Gasteiger partial charge on any atom is 0.320 e. The van der Waals surface area contributed by atoms with Crippen LogP contribution in [0.2, 0.25) is 0 Å². The summed E-state index contributed by atoms with van der Waals surface area (Å²) in [7, 11) is 0. The Labute approximate surface area is 124 Å². The van der Waals surface area contributed by atoms with Gasteiger partial charge in [0.15, 0.2) is 0 Å². The summed E-state index contributed by atoms with van der Waals surface area (Å²) in [5.41, 5.74) is 1.04. The van der Waals surface area contributed by atoms with Crippen LogP contribution < -0.4 is 16.0 Å². The summed E-state index contributed by atoms with van der Waals surface area (Å²) in [6, 6.07) is 3.36. The Balaban J connectivity index is 1.54. The van der Waals surface area contributed by atoms with Gasteiger partial charge < -0.3 is 10.6 Å². The van der Waals surface area contributed by atoms with Crippen LogP contribution in [0.3, 0.4) is 0 Å². The number of nitrogens with one attached hydrogen (secondary N) is 3. The van der Waals surface area contributed by atoms with E-state index in [1.165, 1.54) is 0 Å². The number of anilines is 1. The number of carbonyl (C=O) groups is 2. The minimum Gasteiger partial charge on any atom is -0.356 e. The lowest BCUT2D eigenvalue weighted by atomic mass is 9.85. The normalized spacial score (nSPS) is 14.1. The molecule has 0 aromatic carbocycles. The molecule has 6 heteroatoms. The Kier molecular flexibility index (Phi) is 5.54. The third-order valence-corrected chi connectivity index (χ3v) is 3.57. The second kappa shape index (κ2) is 7.61. The molecule has 1 heterocycles. The molecule has 0 aliphatic heterocycles. The Morgan fingerprint density at radius 3 is 2.62 bits per heavy atom. The Morgan fingerprint density at radius 2 is 2.00 bits per heavy atom. The molecular weight excluding hydrogens is 268 g/mol. The van der Waals surface area contributed by atoms with Gasteiger partial charge in [0.2, 0.25) is 5.91 Å². The fourth-order valence-corrected chi connectivity index (χ4v) is 2.02. The van der Waals surface area contributed by atoms with Crippen molar-refractivity contribution < 1.29 is 9.59 Å². The van der Waals surface area contributed by atoms with Crippen molar-refractivity contribution in [2.75, 3.05) is 18.4 Å². The van der Waals surface area contributed by atoms with Gasteiger partial charge >= 0.3 is 6.03 Å². The number of pyridine rings is 1. The summed E-state index contributed by atoms with van der Waals surface area (Å²) in [5, 5.41) is 8.28. The van der Waals surface area contributed by atoms with Gasteiger partial charge in [0.05, 0.1) is 0 Å². The third kappa shape index (κ3) is 5.06. The van der Waals surface area contributed by atoms with E-state index in [4.69, 9.17) is 0 Å². The molecule has 1 aliphatic carbocycles. The maximum atomic E-state index is 11.6. The fraction of sp³-hybridized carbons (Fsp3) is 0.533. The predicted molar refractivity (Wildman–Crippen MR) is 81.0 cm³/mol. The van der Waals surface area contributed by atoms with Crippen molar-refractivity contribution in [2.45, 2.75) is 32.6 Å². The highest BCUT2D eigenvalue weighted by molar-refractivity contribution is 5.88. The molecule has 21 heavy (non-hydrogen) atoms. The van der Waals surface area contributed by atoms with Crippen LogP contribution in [-0.4, -0.2) is 30.0 Å². The molecule has 6 nitrogen and oxygen atoms in total. The largest absolute Gasteiger partial charge is 0.356 e. The van der Waals surface area contributed by atoms with Crippen LogP contribution >= 0.6 is 0 Å². The van der Waals surface area contributed by atoms with Crippen LogP contribution in [0.15, 0.2) is 18.3 Å². The molecule has 114 valence electrons. The van der Waals surface area contributed by atoms with E-state index in [1.54, 1.807) is 12.3 Å². The SMILES string of the molecule is Cc1ccc(NC(=O)NCCCNC(=O)C2CCC2)nc1. The average Bonchev–Trinajstić information content (AvgIpc) is 2.39. The number of hydrogen-bond donors (Lipinski definition) is 3. The van der Waals surface area contributed by atoms with Gasteiger partial charge in [-0.2, -0.15) is 0 Å². The summed E-state index contributed by atoms with van der Waals surface area (Å²) in [4.78, 5) is 27.3. The van der Waals surface area contributed by atoms with Crippen molar-refractivity contribution in [1.82, 2.24) is 15.6 Å². The first kappa shape index (κ1) is 15.3. The van der Waals surface area contributed by atoms with Gasteiger partial charge in [-0.15, -0.1) is 0 Å². The van der Waals surface area contributed by atoms with Gasteiger partial charge in [0.25, 0.3) is 0 Å². The highest BCUT2D eigenvalue weighted by Gasteiger charge is 2.24. The second-order valence-corrected chi connectivity index (χ2v) is 5.37. The Morgan fingerprint density at radius 1 is 1.24 bits per heavy atom. The summed E-state index contributed by atoms with van der Waals surface area (Å²) in [5.74, 6) is 0.889. The first-order valence-corrected chi connectivity index (χ1v) is 7.40. The van der Waals surface area contributed by atoms with Crippen LogP contribution in [0.25, 0.3) is 0 Å². The van der Waals surface area contributed by atoms with Crippen LogP contribution in [0.4, 0.5) is 10.6 Å². The van der Waals surface area contributed by atoms with E-state index in [0.717, 1.165) is 24.8 Å². The number of nitrogens with zero attached hydrogens (tertiary/aromatic N) is 1. The maximum absolute atomic E-state index is 11.6. The van der Waals surface area contributed by atoms with Gasteiger partial charge in [-0.05, 0) is 37.8 Å². The zero-order chi connectivity index (χ0) is 15.1. The zero-order valence-electron chi connectivity index (χ0n) is 12.3. The molecule has 0 unspecified atom stereocenters. The summed E-state index contributed by atoms with van der Waals surface area (Å²) < 4.78 is 0. The van der Waals surface area contributed by atoms with E-state index in [1.807, 2.05) is 13.0 Å². The fourth-order valence-electron chi connectivity index (χ4n) is 2.02. The van der Waals surface area contributed by atoms with Crippen LogP contribution in [0.5, 0.6) is 0 Å². The van der Waals surface area contributed by atoms with E-state index in [-0.39, 0.29) is 17.9 Å². The van der Waals surface area contributed by atoms with Crippen molar-refractivity contribution in [2.24, 2.45) is 5.92 Å². The highest BCUT2D eigenvalue weighted by atomic mass is 16.2. The number of carbonyl (C=O) groups excluding carboxylic acids is 2. The van der Waals surface area contributed by atoms with Gasteiger partial charge in [0, 0.05) is 25.2 Å². The molecule has 1 aliphatic rings. The number of aryl methyl sites for hydroxylation is 1.